The Hall–Kier alpha value is -2.17. The molecule has 0 N–H and O–H groups in total. The van der Waals surface area contributed by atoms with Crippen molar-refractivity contribution in [2.24, 2.45) is 0 Å². The van der Waals surface area contributed by atoms with Gasteiger partial charge in [0.25, 0.3) is 0 Å². The summed E-state index contributed by atoms with van der Waals surface area (Å²) in [6, 6.07) is 3.93. The molecule has 3 rings (SSSR count). The summed E-state index contributed by atoms with van der Waals surface area (Å²) in [5.74, 6) is -2.85. The van der Waals surface area contributed by atoms with E-state index in [1.54, 1.807) is 6.92 Å². The molecule has 0 aliphatic carbocycles. The number of hydrogen-bond acceptors (Lipinski definition) is 2. The minimum Gasteiger partial charge on any atom is -0.490 e. The van der Waals surface area contributed by atoms with Crippen molar-refractivity contribution in [3.05, 3.63) is 41.2 Å². The number of aryl methyl sites for hydroxylation is 1. The average Bonchev–Trinajstić information content (AvgIpc) is 2.79. The highest BCUT2D eigenvalue weighted by atomic mass is 19.2. The fraction of sp³-hybridized carbons (Fsp3) is 0.250. The minimum atomic E-state index is -1.08. The summed E-state index contributed by atoms with van der Waals surface area (Å²) >= 11 is 0. The molecule has 3 aromatic rings. The number of rotatable bonds is 3. The number of fused-ring (bicyclic) bond motifs is 3. The van der Waals surface area contributed by atoms with Gasteiger partial charge in [-0.05, 0) is 31.0 Å². The maximum Gasteiger partial charge on any atom is 0.201 e. The molecular weight excluding hydrogens is 281 g/mol. The van der Waals surface area contributed by atoms with E-state index >= 15 is 0 Å². The van der Waals surface area contributed by atoms with Crippen molar-refractivity contribution in [3.63, 3.8) is 0 Å². The molecular formula is C16H13F3O2. The Kier molecular flexibility index (Phi) is 3.27. The van der Waals surface area contributed by atoms with Crippen molar-refractivity contribution in [2.75, 3.05) is 6.61 Å². The zero-order valence-electron chi connectivity index (χ0n) is 11.6. The predicted molar refractivity (Wildman–Crippen MR) is 74.1 cm³/mol. The van der Waals surface area contributed by atoms with Crippen LogP contribution in [0.5, 0.6) is 5.75 Å². The molecule has 1 aromatic heterocycles. The van der Waals surface area contributed by atoms with Gasteiger partial charge in [-0.2, -0.15) is 4.39 Å². The summed E-state index contributed by atoms with van der Waals surface area (Å²) in [5, 5.41) is 0.150. The molecule has 0 aliphatic rings. The lowest BCUT2D eigenvalue weighted by atomic mass is 10.1. The topological polar surface area (TPSA) is 22.4 Å². The molecule has 0 radical (unpaired) electrons. The zero-order chi connectivity index (χ0) is 15.1. The van der Waals surface area contributed by atoms with E-state index in [1.165, 1.54) is 12.1 Å². The van der Waals surface area contributed by atoms with Crippen LogP contribution in [-0.2, 0) is 0 Å². The number of hydrogen-bond donors (Lipinski definition) is 0. The summed E-state index contributed by atoms with van der Waals surface area (Å²) in [7, 11) is 0. The Morgan fingerprint density at radius 1 is 1.05 bits per heavy atom. The second kappa shape index (κ2) is 4.98. The summed E-state index contributed by atoms with van der Waals surface area (Å²) in [5.41, 5.74) is 0.833. The van der Waals surface area contributed by atoms with Crippen LogP contribution in [0.2, 0.25) is 0 Å². The van der Waals surface area contributed by atoms with Gasteiger partial charge < -0.3 is 9.15 Å². The fourth-order valence-corrected chi connectivity index (χ4v) is 2.28. The number of ether oxygens (including phenoxy) is 1. The first-order chi connectivity index (χ1) is 10.0. The van der Waals surface area contributed by atoms with E-state index in [-0.39, 0.29) is 28.7 Å². The monoisotopic (exact) mass is 294 g/mol. The molecule has 0 aliphatic heterocycles. The lowest BCUT2D eigenvalue weighted by molar-refractivity contribution is 0.296. The Morgan fingerprint density at radius 3 is 2.52 bits per heavy atom. The van der Waals surface area contributed by atoms with E-state index in [4.69, 9.17) is 9.15 Å². The van der Waals surface area contributed by atoms with E-state index in [9.17, 15) is 13.2 Å². The van der Waals surface area contributed by atoms with Gasteiger partial charge in [-0.25, -0.2) is 8.78 Å². The van der Waals surface area contributed by atoms with E-state index in [0.29, 0.717) is 17.6 Å². The zero-order valence-corrected chi connectivity index (χ0v) is 11.6. The maximum atomic E-state index is 14.2. The average molecular weight is 294 g/mol. The van der Waals surface area contributed by atoms with Gasteiger partial charge in [0.15, 0.2) is 11.6 Å². The second-order valence-electron chi connectivity index (χ2n) is 4.92. The summed E-state index contributed by atoms with van der Waals surface area (Å²) in [6.45, 7) is 3.71. The van der Waals surface area contributed by atoms with Gasteiger partial charge in [-0.1, -0.05) is 6.92 Å². The third-order valence-corrected chi connectivity index (χ3v) is 3.35. The molecule has 0 atom stereocenters. The van der Waals surface area contributed by atoms with E-state index in [2.05, 4.69) is 0 Å². The van der Waals surface area contributed by atoms with Gasteiger partial charge in [-0.3, -0.25) is 0 Å². The number of furan rings is 1. The molecule has 0 bridgehead atoms. The van der Waals surface area contributed by atoms with Crippen LogP contribution in [0.3, 0.4) is 0 Å². The number of halogens is 3. The van der Waals surface area contributed by atoms with Crippen LogP contribution in [-0.4, -0.2) is 6.61 Å². The number of benzene rings is 2. The highest BCUT2D eigenvalue weighted by Crippen LogP contribution is 2.36. The van der Waals surface area contributed by atoms with Gasteiger partial charge in [0.05, 0.1) is 12.0 Å². The maximum absolute atomic E-state index is 14.2. The van der Waals surface area contributed by atoms with Crippen molar-refractivity contribution in [2.45, 2.75) is 20.3 Å². The van der Waals surface area contributed by atoms with Gasteiger partial charge >= 0.3 is 0 Å². The molecule has 0 spiro atoms. The van der Waals surface area contributed by atoms with Crippen LogP contribution >= 0.6 is 0 Å². The quantitative estimate of drug-likeness (QED) is 0.670. The smallest absolute Gasteiger partial charge is 0.201 e. The summed E-state index contributed by atoms with van der Waals surface area (Å²) in [4.78, 5) is 0. The van der Waals surface area contributed by atoms with Gasteiger partial charge in [0.1, 0.15) is 17.0 Å². The molecule has 1 heterocycles. The van der Waals surface area contributed by atoms with Gasteiger partial charge in [0, 0.05) is 11.5 Å². The molecule has 0 saturated carbocycles. The molecule has 0 amide bonds. The van der Waals surface area contributed by atoms with E-state index in [1.807, 2.05) is 6.92 Å². The van der Waals surface area contributed by atoms with Crippen LogP contribution in [0.25, 0.3) is 21.9 Å². The fourth-order valence-electron chi connectivity index (χ4n) is 2.28. The van der Waals surface area contributed by atoms with Crippen LogP contribution < -0.4 is 4.74 Å². The standard InChI is InChI=1S/C16H13F3O2/c1-3-4-20-13-7-12-14(16(19)15(13)18)9-6-10(17)8(2)5-11(9)21-12/h5-7H,3-4H2,1-2H3. The van der Waals surface area contributed by atoms with Crippen molar-refractivity contribution >= 4 is 21.9 Å². The first-order valence-corrected chi connectivity index (χ1v) is 6.66. The largest absolute Gasteiger partial charge is 0.490 e. The van der Waals surface area contributed by atoms with Gasteiger partial charge in [-0.15, -0.1) is 0 Å². The Morgan fingerprint density at radius 2 is 1.81 bits per heavy atom. The van der Waals surface area contributed by atoms with Crippen LogP contribution in [0, 0.1) is 24.4 Å². The molecule has 110 valence electrons. The van der Waals surface area contributed by atoms with Gasteiger partial charge in [0.2, 0.25) is 5.82 Å². The molecule has 2 nitrogen and oxygen atoms in total. The van der Waals surface area contributed by atoms with Crippen molar-refractivity contribution in [1.29, 1.82) is 0 Å². The SMILES string of the molecule is CCCOc1cc2oc3cc(C)c(F)cc3c2c(F)c1F. The molecule has 21 heavy (non-hydrogen) atoms. The molecule has 2 aromatic carbocycles. The Labute approximate surface area is 119 Å². The van der Waals surface area contributed by atoms with Crippen molar-refractivity contribution in [3.8, 4) is 5.75 Å². The normalized spacial score (nSPS) is 11.5. The Balaban J connectivity index is 2.32. The molecule has 0 unspecified atom stereocenters. The van der Waals surface area contributed by atoms with Crippen molar-refractivity contribution in [1.82, 2.24) is 0 Å². The first-order valence-electron chi connectivity index (χ1n) is 6.66. The highest BCUT2D eigenvalue weighted by molar-refractivity contribution is 6.05. The summed E-state index contributed by atoms with van der Waals surface area (Å²) < 4.78 is 52.6. The lowest BCUT2D eigenvalue weighted by Crippen LogP contribution is -1.99. The van der Waals surface area contributed by atoms with Crippen LogP contribution in [0.4, 0.5) is 13.2 Å². The lowest BCUT2D eigenvalue weighted by Gasteiger charge is -2.06. The van der Waals surface area contributed by atoms with E-state index in [0.717, 1.165) is 6.07 Å². The molecule has 5 heteroatoms. The minimum absolute atomic E-state index is 0.0646. The van der Waals surface area contributed by atoms with E-state index < -0.39 is 17.5 Å². The third kappa shape index (κ3) is 2.13. The molecule has 0 fully saturated rings. The summed E-state index contributed by atoms with van der Waals surface area (Å²) in [6.07, 6.45) is 0.670. The van der Waals surface area contributed by atoms with Crippen molar-refractivity contribution < 1.29 is 22.3 Å². The second-order valence-corrected chi connectivity index (χ2v) is 4.92. The first kappa shape index (κ1) is 13.8. The highest BCUT2D eigenvalue weighted by Gasteiger charge is 2.21. The van der Waals surface area contributed by atoms with Crippen LogP contribution in [0.15, 0.2) is 22.6 Å². The Bertz CT molecular complexity index is 837. The van der Waals surface area contributed by atoms with Crippen LogP contribution in [0.1, 0.15) is 18.9 Å². The molecule has 0 saturated heterocycles. The predicted octanol–water partition coefficient (Wildman–Crippen LogP) is 5.10. The third-order valence-electron chi connectivity index (χ3n) is 3.35.